The zero-order valence-electron chi connectivity index (χ0n) is 12.6. The molecule has 2 heterocycles. The molecule has 1 saturated heterocycles. The second kappa shape index (κ2) is 8.17. The summed E-state index contributed by atoms with van der Waals surface area (Å²) in [5.74, 6) is 0.876. The van der Waals surface area contributed by atoms with E-state index in [2.05, 4.69) is 19.8 Å². The molecule has 0 spiro atoms. The molecule has 1 aromatic rings. The van der Waals surface area contributed by atoms with E-state index in [0.29, 0.717) is 0 Å². The summed E-state index contributed by atoms with van der Waals surface area (Å²) >= 11 is 0. The van der Waals surface area contributed by atoms with Gasteiger partial charge in [-0.05, 0) is 51.4 Å². The predicted molar refractivity (Wildman–Crippen MR) is 82.9 cm³/mol. The lowest BCUT2D eigenvalue weighted by Gasteiger charge is -2.21. The van der Waals surface area contributed by atoms with Crippen LogP contribution in [-0.2, 0) is 0 Å². The van der Waals surface area contributed by atoms with E-state index in [9.17, 15) is 0 Å². The summed E-state index contributed by atoms with van der Waals surface area (Å²) in [6.07, 6.45) is 8.65. The molecule has 5 nitrogen and oxygen atoms in total. The summed E-state index contributed by atoms with van der Waals surface area (Å²) in [4.78, 5) is 13.7. The highest BCUT2D eigenvalue weighted by Gasteiger charge is 2.16. The number of hydrogen-bond donors (Lipinski definition) is 1. The number of aromatic nitrogens is 2. The molecule has 0 unspecified atom stereocenters. The highest BCUT2D eigenvalue weighted by molar-refractivity contribution is 5.29. The van der Waals surface area contributed by atoms with Gasteiger partial charge in [0.1, 0.15) is 0 Å². The number of hydrogen-bond acceptors (Lipinski definition) is 5. The van der Waals surface area contributed by atoms with Crippen LogP contribution in [0.15, 0.2) is 12.4 Å². The third-order valence-electron chi connectivity index (χ3n) is 3.82. The molecule has 20 heavy (non-hydrogen) atoms. The van der Waals surface area contributed by atoms with Gasteiger partial charge in [0.15, 0.2) is 0 Å². The summed E-state index contributed by atoms with van der Waals surface area (Å²) in [6.45, 7) is 8.42. The average Bonchev–Trinajstić information content (AvgIpc) is 2.70. The third-order valence-corrected chi connectivity index (χ3v) is 3.82. The summed E-state index contributed by atoms with van der Waals surface area (Å²) < 4.78 is 0. The van der Waals surface area contributed by atoms with Crippen molar-refractivity contribution in [2.45, 2.75) is 32.6 Å². The number of anilines is 1. The van der Waals surface area contributed by atoms with Gasteiger partial charge < -0.3 is 15.5 Å². The van der Waals surface area contributed by atoms with E-state index in [0.717, 1.165) is 44.1 Å². The van der Waals surface area contributed by atoms with Crippen molar-refractivity contribution in [2.24, 2.45) is 5.73 Å². The van der Waals surface area contributed by atoms with Crippen LogP contribution in [0.4, 0.5) is 5.95 Å². The Balaban J connectivity index is 1.78. The minimum atomic E-state index is 0.818. The van der Waals surface area contributed by atoms with Crippen LogP contribution in [0.1, 0.15) is 31.2 Å². The van der Waals surface area contributed by atoms with Crippen molar-refractivity contribution in [1.82, 2.24) is 14.9 Å². The monoisotopic (exact) mass is 277 g/mol. The fourth-order valence-electron chi connectivity index (χ4n) is 2.60. The first-order chi connectivity index (χ1) is 9.79. The Morgan fingerprint density at radius 3 is 2.60 bits per heavy atom. The summed E-state index contributed by atoms with van der Waals surface area (Å²) in [5, 5.41) is 0. The molecule has 1 aromatic heterocycles. The normalized spacial score (nSPS) is 17.2. The van der Waals surface area contributed by atoms with Crippen molar-refractivity contribution in [1.29, 1.82) is 0 Å². The van der Waals surface area contributed by atoms with E-state index in [-0.39, 0.29) is 0 Å². The lowest BCUT2D eigenvalue weighted by atomic mass is 10.2. The molecule has 1 fully saturated rings. The third kappa shape index (κ3) is 4.72. The Morgan fingerprint density at radius 2 is 1.85 bits per heavy atom. The first-order valence-corrected chi connectivity index (χ1v) is 7.75. The van der Waals surface area contributed by atoms with Crippen LogP contribution in [0, 0.1) is 6.92 Å². The molecule has 5 heteroatoms. The second-order valence-electron chi connectivity index (χ2n) is 5.59. The first-order valence-electron chi connectivity index (χ1n) is 7.75. The van der Waals surface area contributed by atoms with E-state index in [1.807, 2.05) is 19.3 Å². The highest BCUT2D eigenvalue weighted by atomic mass is 15.3. The SMILES string of the molecule is Cc1cnc(N2CCCN(CCCCCN)CC2)nc1. The second-order valence-corrected chi connectivity index (χ2v) is 5.59. The maximum atomic E-state index is 5.53. The Labute approximate surface area is 122 Å². The van der Waals surface area contributed by atoms with Gasteiger partial charge in [-0.15, -0.1) is 0 Å². The van der Waals surface area contributed by atoms with Crippen molar-refractivity contribution in [2.75, 3.05) is 44.2 Å². The largest absolute Gasteiger partial charge is 0.339 e. The lowest BCUT2D eigenvalue weighted by Crippen LogP contribution is -2.32. The molecule has 2 rings (SSSR count). The Morgan fingerprint density at radius 1 is 1.05 bits per heavy atom. The molecule has 0 bridgehead atoms. The molecule has 1 aliphatic heterocycles. The van der Waals surface area contributed by atoms with Gasteiger partial charge in [0.05, 0.1) is 0 Å². The van der Waals surface area contributed by atoms with Gasteiger partial charge in [-0.3, -0.25) is 0 Å². The maximum Gasteiger partial charge on any atom is 0.225 e. The number of rotatable bonds is 6. The minimum Gasteiger partial charge on any atom is -0.339 e. The quantitative estimate of drug-likeness (QED) is 0.797. The van der Waals surface area contributed by atoms with Gasteiger partial charge >= 0.3 is 0 Å². The molecule has 112 valence electrons. The lowest BCUT2D eigenvalue weighted by molar-refractivity contribution is 0.286. The minimum absolute atomic E-state index is 0.818. The molecular weight excluding hydrogens is 250 g/mol. The maximum absolute atomic E-state index is 5.53. The molecule has 1 aliphatic rings. The predicted octanol–water partition coefficient (Wildman–Crippen LogP) is 1.43. The zero-order valence-corrected chi connectivity index (χ0v) is 12.6. The van der Waals surface area contributed by atoms with E-state index in [4.69, 9.17) is 5.73 Å². The zero-order chi connectivity index (χ0) is 14.2. The number of nitrogens with zero attached hydrogens (tertiary/aromatic N) is 4. The molecule has 0 radical (unpaired) electrons. The van der Waals surface area contributed by atoms with Gasteiger partial charge in [-0.2, -0.15) is 0 Å². The fourth-order valence-corrected chi connectivity index (χ4v) is 2.60. The van der Waals surface area contributed by atoms with Crippen LogP contribution in [0.2, 0.25) is 0 Å². The van der Waals surface area contributed by atoms with Gasteiger partial charge in [0.25, 0.3) is 0 Å². The summed E-state index contributed by atoms with van der Waals surface area (Å²) in [6, 6.07) is 0. The van der Waals surface area contributed by atoms with Crippen LogP contribution >= 0.6 is 0 Å². The van der Waals surface area contributed by atoms with Crippen molar-refractivity contribution in [3.63, 3.8) is 0 Å². The van der Waals surface area contributed by atoms with E-state index < -0.39 is 0 Å². The Kier molecular flexibility index (Phi) is 6.21. The van der Waals surface area contributed by atoms with Crippen molar-refractivity contribution in [3.05, 3.63) is 18.0 Å². The molecule has 0 aromatic carbocycles. The Hall–Kier alpha value is -1.20. The van der Waals surface area contributed by atoms with Gasteiger partial charge in [-0.25, -0.2) is 9.97 Å². The van der Waals surface area contributed by atoms with Crippen LogP contribution < -0.4 is 10.6 Å². The highest BCUT2D eigenvalue weighted by Crippen LogP contribution is 2.11. The molecule has 0 aliphatic carbocycles. The number of aryl methyl sites for hydroxylation is 1. The molecule has 0 atom stereocenters. The van der Waals surface area contributed by atoms with E-state index in [1.54, 1.807) is 0 Å². The Bertz CT molecular complexity index is 378. The molecule has 0 amide bonds. The van der Waals surface area contributed by atoms with Crippen molar-refractivity contribution in [3.8, 4) is 0 Å². The summed E-state index contributed by atoms with van der Waals surface area (Å²) in [7, 11) is 0. The smallest absolute Gasteiger partial charge is 0.225 e. The van der Waals surface area contributed by atoms with Gasteiger partial charge in [-0.1, -0.05) is 6.42 Å². The topological polar surface area (TPSA) is 58.3 Å². The van der Waals surface area contributed by atoms with E-state index in [1.165, 1.54) is 32.4 Å². The first kappa shape index (κ1) is 15.2. The molecule has 2 N–H and O–H groups in total. The van der Waals surface area contributed by atoms with Crippen LogP contribution in [0.3, 0.4) is 0 Å². The number of unbranched alkanes of at least 4 members (excludes halogenated alkanes) is 2. The average molecular weight is 277 g/mol. The van der Waals surface area contributed by atoms with E-state index >= 15 is 0 Å². The van der Waals surface area contributed by atoms with Crippen LogP contribution in [0.5, 0.6) is 0 Å². The number of nitrogens with two attached hydrogens (primary N) is 1. The van der Waals surface area contributed by atoms with Crippen molar-refractivity contribution >= 4 is 5.95 Å². The van der Waals surface area contributed by atoms with Crippen LogP contribution in [-0.4, -0.2) is 54.1 Å². The molecular formula is C15H27N5. The van der Waals surface area contributed by atoms with Crippen LogP contribution in [0.25, 0.3) is 0 Å². The van der Waals surface area contributed by atoms with Gasteiger partial charge in [0, 0.05) is 32.0 Å². The summed E-state index contributed by atoms with van der Waals surface area (Å²) in [5.41, 5.74) is 6.65. The van der Waals surface area contributed by atoms with Gasteiger partial charge in [0.2, 0.25) is 5.95 Å². The standard InChI is InChI=1S/C15H27N5/c1-14-12-17-15(18-13-14)20-9-5-8-19(10-11-20)7-4-2-3-6-16/h12-13H,2-11,16H2,1H3. The fraction of sp³-hybridized carbons (Fsp3) is 0.733. The molecule has 0 saturated carbocycles. The van der Waals surface area contributed by atoms with Crippen molar-refractivity contribution < 1.29 is 0 Å².